The fourth-order valence-electron chi connectivity index (χ4n) is 4.01. The molecule has 6 N–H and O–H groups in total. The Morgan fingerprint density at radius 3 is 2.52 bits per heavy atom. The summed E-state index contributed by atoms with van der Waals surface area (Å²) in [5.41, 5.74) is 3.15. The molecule has 1 aliphatic heterocycles. The van der Waals surface area contributed by atoms with Crippen molar-refractivity contribution in [3.05, 3.63) is 53.2 Å². The number of hydrogen-bond donors (Lipinski definition) is 6. The number of methoxy groups -OCH3 is 1. The maximum atomic E-state index is 11.0. The Kier molecular flexibility index (Phi) is 6.57. The van der Waals surface area contributed by atoms with E-state index >= 15 is 0 Å². The molecule has 1 aliphatic rings. The van der Waals surface area contributed by atoms with E-state index in [0.29, 0.717) is 23.7 Å². The fraction of sp³-hybridized carbons (Fsp3) is 0.435. The van der Waals surface area contributed by atoms with Gasteiger partial charge in [0.05, 0.1) is 24.6 Å². The van der Waals surface area contributed by atoms with E-state index in [2.05, 4.69) is 10.2 Å². The highest BCUT2D eigenvalue weighted by molar-refractivity contribution is 5.88. The topological polar surface area (TPSA) is 158 Å². The van der Waals surface area contributed by atoms with Gasteiger partial charge in [0.2, 0.25) is 6.29 Å². The van der Waals surface area contributed by atoms with Gasteiger partial charge in [-0.05, 0) is 55.2 Å². The predicted octanol–water partition coefficient (Wildman–Crippen LogP) is 0.164. The minimum absolute atomic E-state index is 0.155. The first-order valence-corrected chi connectivity index (χ1v) is 10.6. The number of nitrogens with zero attached hydrogens (tertiary/aromatic N) is 1. The number of rotatable bonds is 7. The summed E-state index contributed by atoms with van der Waals surface area (Å²) in [6.45, 7) is 1.15. The molecule has 178 valence electrons. The molecule has 4 rings (SSSR count). The lowest BCUT2D eigenvalue weighted by Gasteiger charge is -2.45. The van der Waals surface area contributed by atoms with Crippen LogP contribution < -0.4 is 9.47 Å². The second kappa shape index (κ2) is 9.26. The highest BCUT2D eigenvalue weighted by atomic mass is 16.7. The Bertz CT molecular complexity index is 1100. The lowest BCUT2D eigenvalue weighted by molar-refractivity contribution is -0.385. The van der Waals surface area contributed by atoms with Gasteiger partial charge in [0, 0.05) is 5.69 Å². The van der Waals surface area contributed by atoms with E-state index in [9.17, 15) is 25.5 Å². The van der Waals surface area contributed by atoms with Gasteiger partial charge in [-0.1, -0.05) is 12.1 Å². The first kappa shape index (κ1) is 23.4. The highest BCUT2D eigenvalue weighted by Crippen LogP contribution is 2.36. The third-order valence-electron chi connectivity index (χ3n) is 5.90. The molecule has 0 unspecified atom stereocenters. The zero-order chi connectivity index (χ0) is 23.8. The normalized spacial score (nSPS) is 27.6. The monoisotopic (exact) mass is 460 g/mol. The SMILES string of the molecule is COc1ccc(CCc2[nH]nc3cc(C)cc(O[C@]4(O)[C@@H](O)O[C@H](CO)[C@@H](O)[C@@H]4O)c23)cc1. The smallest absolute Gasteiger partial charge is 0.288 e. The Hall–Kier alpha value is -2.73. The molecule has 10 heteroatoms. The number of ether oxygens (including phenoxy) is 3. The number of aromatic amines is 1. The molecule has 1 saturated heterocycles. The van der Waals surface area contributed by atoms with Crippen molar-refractivity contribution in [3.63, 3.8) is 0 Å². The third-order valence-corrected chi connectivity index (χ3v) is 5.90. The fourth-order valence-corrected chi connectivity index (χ4v) is 4.01. The van der Waals surface area contributed by atoms with E-state index in [-0.39, 0.29) is 5.75 Å². The van der Waals surface area contributed by atoms with Gasteiger partial charge in [0.1, 0.15) is 23.7 Å². The second-order valence-electron chi connectivity index (χ2n) is 8.21. The van der Waals surface area contributed by atoms with Crippen LogP contribution in [0.1, 0.15) is 16.8 Å². The van der Waals surface area contributed by atoms with Crippen molar-refractivity contribution < 1.29 is 39.7 Å². The van der Waals surface area contributed by atoms with Crippen molar-refractivity contribution in [1.82, 2.24) is 10.2 Å². The van der Waals surface area contributed by atoms with Gasteiger partial charge in [-0.3, -0.25) is 5.10 Å². The molecule has 0 radical (unpaired) electrons. The average molecular weight is 460 g/mol. The first-order valence-electron chi connectivity index (χ1n) is 10.6. The molecule has 33 heavy (non-hydrogen) atoms. The minimum Gasteiger partial charge on any atom is -0.497 e. The summed E-state index contributed by atoms with van der Waals surface area (Å²) in [5.74, 6) is -1.75. The van der Waals surface area contributed by atoms with E-state index in [4.69, 9.17) is 14.2 Å². The van der Waals surface area contributed by atoms with Gasteiger partial charge >= 0.3 is 0 Å². The van der Waals surface area contributed by atoms with E-state index in [1.54, 1.807) is 13.2 Å². The van der Waals surface area contributed by atoms with Crippen LogP contribution in [0.5, 0.6) is 11.5 Å². The molecular weight excluding hydrogens is 432 g/mol. The van der Waals surface area contributed by atoms with Crippen molar-refractivity contribution in [3.8, 4) is 11.5 Å². The predicted molar refractivity (Wildman–Crippen MR) is 117 cm³/mol. The van der Waals surface area contributed by atoms with Crippen LogP contribution in [-0.4, -0.2) is 79.8 Å². The number of fused-ring (bicyclic) bond motifs is 1. The number of aliphatic hydroxyl groups excluding tert-OH is 4. The molecule has 1 aromatic heterocycles. The molecule has 10 nitrogen and oxygen atoms in total. The van der Waals surface area contributed by atoms with Crippen LogP contribution >= 0.6 is 0 Å². The van der Waals surface area contributed by atoms with Gasteiger partial charge in [0.25, 0.3) is 5.79 Å². The number of benzene rings is 2. The van der Waals surface area contributed by atoms with Crippen molar-refractivity contribution in [2.75, 3.05) is 13.7 Å². The first-order chi connectivity index (χ1) is 15.8. The molecule has 0 bridgehead atoms. The van der Waals surface area contributed by atoms with Gasteiger partial charge in [0.15, 0.2) is 6.10 Å². The number of aromatic nitrogens is 2. The Labute approximate surface area is 190 Å². The molecule has 5 atom stereocenters. The van der Waals surface area contributed by atoms with E-state index < -0.39 is 37.0 Å². The quantitative estimate of drug-likeness (QED) is 0.270. The molecule has 0 spiro atoms. The molecule has 2 heterocycles. The minimum atomic E-state index is -2.67. The summed E-state index contributed by atoms with van der Waals surface area (Å²) < 4.78 is 16.0. The molecule has 0 aliphatic carbocycles. The van der Waals surface area contributed by atoms with Crippen molar-refractivity contribution in [2.24, 2.45) is 0 Å². The number of aliphatic hydroxyl groups is 5. The summed E-state index contributed by atoms with van der Waals surface area (Å²) in [6, 6.07) is 11.2. The van der Waals surface area contributed by atoms with Crippen LogP contribution in [0.4, 0.5) is 0 Å². The lowest BCUT2D eigenvalue weighted by atomic mass is 9.95. The zero-order valence-corrected chi connectivity index (χ0v) is 18.3. The summed E-state index contributed by atoms with van der Waals surface area (Å²) in [7, 11) is 1.61. The molecule has 2 aromatic carbocycles. The molecule has 1 fully saturated rings. The molecular formula is C23H28N2O8. The molecule has 3 aromatic rings. The van der Waals surface area contributed by atoms with Crippen molar-refractivity contribution in [1.29, 1.82) is 0 Å². The number of nitrogens with one attached hydrogen (secondary N) is 1. The van der Waals surface area contributed by atoms with Crippen LogP contribution in [0, 0.1) is 6.92 Å². The van der Waals surface area contributed by atoms with E-state index in [1.807, 2.05) is 37.3 Å². The number of H-pyrrole nitrogens is 1. The van der Waals surface area contributed by atoms with E-state index in [1.165, 1.54) is 0 Å². The van der Waals surface area contributed by atoms with Gasteiger partial charge in [-0.25, -0.2) is 0 Å². The highest BCUT2D eigenvalue weighted by Gasteiger charge is 2.57. The van der Waals surface area contributed by atoms with E-state index in [0.717, 1.165) is 22.6 Å². The molecule has 0 amide bonds. The standard InChI is InChI=1S/C23H28N2O8/c1-12-9-16-19(15(24-25-16)8-5-13-3-6-14(31-2)7-4-13)17(10-12)33-23(30)21(28)20(27)18(11-26)32-22(23)29/h3-4,6-7,9-10,18,20-22,26-30H,5,8,11H2,1-2H3,(H,24,25)/t18-,20-,21+,22+,23+/m1/s1. The number of aryl methyl sites for hydroxylation is 3. The van der Waals surface area contributed by atoms with Crippen LogP contribution in [0.25, 0.3) is 10.9 Å². The summed E-state index contributed by atoms with van der Waals surface area (Å²) >= 11 is 0. The van der Waals surface area contributed by atoms with Crippen LogP contribution in [0.3, 0.4) is 0 Å². The zero-order valence-electron chi connectivity index (χ0n) is 18.3. The van der Waals surface area contributed by atoms with Crippen LogP contribution in [-0.2, 0) is 17.6 Å². The molecule has 0 saturated carbocycles. The van der Waals surface area contributed by atoms with Gasteiger partial charge in [-0.2, -0.15) is 5.10 Å². The van der Waals surface area contributed by atoms with Crippen molar-refractivity contribution in [2.45, 2.75) is 50.2 Å². The third kappa shape index (κ3) is 4.41. The summed E-state index contributed by atoms with van der Waals surface area (Å²) in [6.07, 6.45) is -5.66. The van der Waals surface area contributed by atoms with Gasteiger partial charge in [-0.15, -0.1) is 0 Å². The summed E-state index contributed by atoms with van der Waals surface area (Å²) in [5, 5.41) is 59.1. The van der Waals surface area contributed by atoms with Crippen LogP contribution in [0.2, 0.25) is 0 Å². The Morgan fingerprint density at radius 1 is 1.12 bits per heavy atom. The van der Waals surface area contributed by atoms with Gasteiger partial charge < -0.3 is 39.7 Å². The van der Waals surface area contributed by atoms with Crippen LogP contribution in [0.15, 0.2) is 36.4 Å². The number of hydrogen-bond acceptors (Lipinski definition) is 9. The maximum absolute atomic E-state index is 11.0. The lowest BCUT2D eigenvalue weighted by Crippen LogP contribution is -2.69. The largest absolute Gasteiger partial charge is 0.497 e. The Morgan fingerprint density at radius 2 is 1.85 bits per heavy atom. The summed E-state index contributed by atoms with van der Waals surface area (Å²) in [4.78, 5) is 0. The Balaban J connectivity index is 1.64. The average Bonchev–Trinajstić information content (AvgIpc) is 3.22. The second-order valence-corrected chi connectivity index (χ2v) is 8.21. The maximum Gasteiger partial charge on any atom is 0.288 e. The van der Waals surface area contributed by atoms with Crippen molar-refractivity contribution >= 4 is 10.9 Å².